The lowest BCUT2D eigenvalue weighted by atomic mass is 10.1. The van der Waals surface area contributed by atoms with Crippen molar-refractivity contribution in [3.8, 4) is 11.5 Å². The van der Waals surface area contributed by atoms with Crippen LogP contribution in [0, 0.1) is 0 Å². The minimum atomic E-state index is -3.86. The lowest BCUT2D eigenvalue weighted by molar-refractivity contribution is -0.139. The number of rotatable bonds is 11. The molecule has 2 atom stereocenters. The van der Waals surface area contributed by atoms with E-state index in [2.05, 4.69) is 5.32 Å². The maximum absolute atomic E-state index is 13.7. The maximum atomic E-state index is 13.7. The molecule has 0 radical (unpaired) electrons. The molecule has 0 fully saturated rings. The van der Waals surface area contributed by atoms with Gasteiger partial charge in [0.2, 0.25) is 21.8 Å². The van der Waals surface area contributed by atoms with Crippen LogP contribution in [0.25, 0.3) is 0 Å². The molecule has 2 aromatic carbocycles. The van der Waals surface area contributed by atoms with E-state index < -0.39 is 28.5 Å². The first-order valence-electron chi connectivity index (χ1n) is 12.3. The van der Waals surface area contributed by atoms with Crippen molar-refractivity contribution in [1.29, 1.82) is 0 Å². The van der Waals surface area contributed by atoms with Crippen molar-refractivity contribution in [3.63, 3.8) is 0 Å². The average molecular weight is 552 g/mol. The highest BCUT2D eigenvalue weighted by Crippen LogP contribution is 2.35. The van der Waals surface area contributed by atoms with Gasteiger partial charge in [-0.1, -0.05) is 36.7 Å². The highest BCUT2D eigenvalue weighted by Gasteiger charge is 2.32. The summed E-state index contributed by atoms with van der Waals surface area (Å²) < 4.78 is 38.4. The molecule has 9 nitrogen and oxygen atoms in total. The van der Waals surface area contributed by atoms with Crippen LogP contribution in [0.3, 0.4) is 0 Å². The molecule has 11 heteroatoms. The third kappa shape index (κ3) is 7.07. The number of ether oxygens (including phenoxy) is 2. The molecule has 2 aromatic rings. The standard InChI is InChI=1S/C26H34ClN3O6S/c1-5-18(3)28-26(32)19(4)29(16-20-9-7-8-10-22(20)27)25(31)17-30(37(33,34)6-2)21-11-12-23-24(15-21)36-14-13-35-23/h7-12,15,18-19H,5-6,13-14,16-17H2,1-4H3,(H,28,32). The van der Waals surface area contributed by atoms with Gasteiger partial charge in [-0.05, 0) is 51.0 Å². The highest BCUT2D eigenvalue weighted by atomic mass is 35.5. The number of amides is 2. The number of fused-ring (bicyclic) bond motifs is 1. The van der Waals surface area contributed by atoms with Crippen molar-refractivity contribution in [2.75, 3.05) is 29.8 Å². The van der Waals surface area contributed by atoms with Gasteiger partial charge < -0.3 is 19.7 Å². The summed E-state index contributed by atoms with van der Waals surface area (Å²) in [6.07, 6.45) is 0.726. The third-order valence-corrected chi connectivity index (χ3v) is 8.37. The predicted octanol–water partition coefficient (Wildman–Crippen LogP) is 3.60. The van der Waals surface area contributed by atoms with Gasteiger partial charge in [-0.15, -0.1) is 0 Å². The first-order valence-corrected chi connectivity index (χ1v) is 14.3. The van der Waals surface area contributed by atoms with Crippen molar-refractivity contribution in [2.24, 2.45) is 0 Å². The average Bonchev–Trinajstić information content (AvgIpc) is 2.90. The van der Waals surface area contributed by atoms with E-state index in [0.717, 1.165) is 10.7 Å². The van der Waals surface area contributed by atoms with Crippen LogP contribution in [-0.2, 0) is 26.2 Å². The molecule has 0 saturated heterocycles. The van der Waals surface area contributed by atoms with Gasteiger partial charge in [0.05, 0.1) is 11.4 Å². The minimum absolute atomic E-state index is 0.0365. The zero-order valence-corrected chi connectivity index (χ0v) is 23.1. The molecule has 202 valence electrons. The summed E-state index contributed by atoms with van der Waals surface area (Å²) in [4.78, 5) is 28.1. The van der Waals surface area contributed by atoms with Crippen LogP contribution in [-0.4, -0.2) is 62.7 Å². The summed E-state index contributed by atoms with van der Waals surface area (Å²) in [5, 5.41) is 3.34. The van der Waals surface area contributed by atoms with Gasteiger partial charge in [-0.3, -0.25) is 13.9 Å². The second-order valence-electron chi connectivity index (χ2n) is 8.84. The van der Waals surface area contributed by atoms with E-state index in [1.54, 1.807) is 49.4 Å². The van der Waals surface area contributed by atoms with Crippen molar-refractivity contribution in [2.45, 2.75) is 52.7 Å². The number of hydrogen-bond donors (Lipinski definition) is 1. The second-order valence-corrected chi connectivity index (χ2v) is 11.4. The fraction of sp³-hybridized carbons (Fsp3) is 0.462. The Bertz CT molecular complexity index is 1220. The van der Waals surface area contributed by atoms with Crippen molar-refractivity contribution in [3.05, 3.63) is 53.1 Å². The summed E-state index contributed by atoms with van der Waals surface area (Å²) >= 11 is 6.36. The summed E-state index contributed by atoms with van der Waals surface area (Å²) in [5.74, 6) is -0.186. The minimum Gasteiger partial charge on any atom is -0.486 e. The summed E-state index contributed by atoms with van der Waals surface area (Å²) in [7, 11) is -3.86. The summed E-state index contributed by atoms with van der Waals surface area (Å²) in [6, 6.07) is 10.8. The molecular formula is C26H34ClN3O6S. The van der Waals surface area contributed by atoms with Gasteiger partial charge in [0.1, 0.15) is 25.8 Å². The molecule has 1 heterocycles. The number of halogens is 1. The van der Waals surface area contributed by atoms with E-state index in [9.17, 15) is 18.0 Å². The first-order chi connectivity index (χ1) is 17.6. The number of nitrogens with zero attached hydrogens (tertiary/aromatic N) is 2. The van der Waals surface area contributed by atoms with Gasteiger partial charge in [-0.2, -0.15) is 0 Å². The number of sulfonamides is 1. The Morgan fingerprint density at radius 2 is 1.73 bits per heavy atom. The molecule has 1 aliphatic heterocycles. The lowest BCUT2D eigenvalue weighted by Gasteiger charge is -2.32. The Balaban J connectivity index is 1.95. The van der Waals surface area contributed by atoms with E-state index in [1.807, 2.05) is 13.8 Å². The Labute approximate surface area is 223 Å². The Morgan fingerprint density at radius 3 is 2.38 bits per heavy atom. The van der Waals surface area contributed by atoms with Crippen LogP contribution in [0.4, 0.5) is 5.69 Å². The fourth-order valence-electron chi connectivity index (χ4n) is 3.77. The molecular weight excluding hydrogens is 518 g/mol. The van der Waals surface area contributed by atoms with Gasteiger partial charge >= 0.3 is 0 Å². The van der Waals surface area contributed by atoms with Crippen LogP contribution in [0.5, 0.6) is 11.5 Å². The van der Waals surface area contributed by atoms with Crippen molar-refractivity contribution < 1.29 is 27.5 Å². The number of benzene rings is 2. The number of nitrogens with one attached hydrogen (secondary N) is 1. The van der Waals surface area contributed by atoms with Crippen LogP contribution in [0.2, 0.25) is 5.02 Å². The van der Waals surface area contributed by atoms with Gasteiger partial charge in [0.25, 0.3) is 0 Å². The fourth-order valence-corrected chi connectivity index (χ4v) is 5.01. The molecule has 1 aliphatic rings. The molecule has 0 bridgehead atoms. The SMILES string of the molecule is CCC(C)NC(=O)C(C)N(Cc1ccccc1Cl)C(=O)CN(c1ccc2c(c1)OCCO2)S(=O)(=O)CC. The zero-order valence-electron chi connectivity index (χ0n) is 21.6. The summed E-state index contributed by atoms with van der Waals surface area (Å²) in [5.41, 5.74) is 0.916. The first kappa shape index (κ1) is 28.6. The predicted molar refractivity (Wildman–Crippen MR) is 144 cm³/mol. The monoisotopic (exact) mass is 551 g/mol. The molecule has 0 spiro atoms. The number of carbonyl (C=O) groups excluding carboxylic acids is 2. The van der Waals surface area contributed by atoms with Crippen molar-refractivity contribution >= 4 is 39.1 Å². The van der Waals surface area contributed by atoms with E-state index in [0.29, 0.717) is 35.3 Å². The molecule has 1 N–H and O–H groups in total. The van der Waals surface area contributed by atoms with Gasteiger partial charge in [0, 0.05) is 23.7 Å². The highest BCUT2D eigenvalue weighted by molar-refractivity contribution is 7.92. The van der Waals surface area contributed by atoms with Crippen LogP contribution in [0.15, 0.2) is 42.5 Å². The van der Waals surface area contributed by atoms with Crippen molar-refractivity contribution in [1.82, 2.24) is 10.2 Å². The largest absolute Gasteiger partial charge is 0.486 e. The van der Waals surface area contributed by atoms with E-state index in [1.165, 1.54) is 11.8 Å². The van der Waals surface area contributed by atoms with E-state index >= 15 is 0 Å². The molecule has 0 aromatic heterocycles. The van der Waals surface area contributed by atoms with Crippen LogP contribution >= 0.6 is 11.6 Å². The maximum Gasteiger partial charge on any atom is 0.244 e. The van der Waals surface area contributed by atoms with E-state index in [-0.39, 0.29) is 29.9 Å². The van der Waals surface area contributed by atoms with Crippen LogP contribution in [0.1, 0.15) is 39.7 Å². The third-order valence-electron chi connectivity index (χ3n) is 6.26. The topological polar surface area (TPSA) is 105 Å². The molecule has 0 aliphatic carbocycles. The Hall–Kier alpha value is -2.98. The molecule has 37 heavy (non-hydrogen) atoms. The van der Waals surface area contributed by atoms with E-state index in [4.69, 9.17) is 21.1 Å². The number of hydrogen-bond acceptors (Lipinski definition) is 6. The molecule has 2 amide bonds. The zero-order chi connectivity index (χ0) is 27.2. The molecule has 2 unspecified atom stereocenters. The number of carbonyl (C=O) groups is 2. The Morgan fingerprint density at radius 1 is 1.05 bits per heavy atom. The van der Waals surface area contributed by atoms with Gasteiger partial charge in [-0.25, -0.2) is 8.42 Å². The normalized spacial score (nSPS) is 14.4. The Kier molecular flexibility index (Phi) is 9.67. The molecule has 3 rings (SSSR count). The summed E-state index contributed by atoms with van der Waals surface area (Å²) in [6.45, 7) is 7.23. The second kappa shape index (κ2) is 12.5. The molecule has 0 saturated carbocycles. The smallest absolute Gasteiger partial charge is 0.244 e. The van der Waals surface area contributed by atoms with Crippen LogP contribution < -0.4 is 19.1 Å². The number of anilines is 1. The van der Waals surface area contributed by atoms with Gasteiger partial charge in [0.15, 0.2) is 11.5 Å². The lowest BCUT2D eigenvalue weighted by Crippen LogP contribution is -2.52. The quantitative estimate of drug-likeness (QED) is 0.457.